The number of halogens is 2. The Hall–Kier alpha value is -1.63. The number of nitrogens with one attached hydrogen (secondary N) is 1. The smallest absolute Gasteiger partial charge is 0.321 e. The molecule has 2 N–H and O–H groups in total. The van der Waals surface area contributed by atoms with E-state index in [9.17, 15) is 14.0 Å². The van der Waals surface area contributed by atoms with Gasteiger partial charge in [0.05, 0.1) is 11.6 Å². The predicted octanol–water partition coefficient (Wildman–Crippen LogP) is 3.16. The summed E-state index contributed by atoms with van der Waals surface area (Å²) in [5, 5.41) is 11.6. The summed E-state index contributed by atoms with van der Waals surface area (Å²) in [5.41, 5.74) is 0.0690. The number of urea groups is 1. The number of likely N-dealkylation sites (tertiary alicyclic amines) is 1. The normalized spacial score (nSPS) is 22.0. The van der Waals surface area contributed by atoms with Gasteiger partial charge in [0.1, 0.15) is 5.82 Å². The summed E-state index contributed by atoms with van der Waals surface area (Å²) >= 11 is 3.21. The minimum atomic E-state index is -0.909. The highest BCUT2D eigenvalue weighted by atomic mass is 79.9. The number of hydrogen-bond donors (Lipinski definition) is 2. The first kappa shape index (κ1) is 15.8. The Balaban J connectivity index is 2.08. The number of carbonyl (C=O) groups is 2. The molecule has 21 heavy (non-hydrogen) atoms. The summed E-state index contributed by atoms with van der Waals surface area (Å²) in [6.45, 7) is 2.50. The summed E-state index contributed by atoms with van der Waals surface area (Å²) in [6.07, 6.45) is 0.546. The second-order valence-corrected chi connectivity index (χ2v) is 6.25. The third-order valence-electron chi connectivity index (χ3n) is 3.47. The van der Waals surface area contributed by atoms with Crippen LogP contribution in [-0.4, -0.2) is 35.1 Å². The lowest BCUT2D eigenvalue weighted by atomic mass is 9.91. The minimum Gasteiger partial charge on any atom is -0.481 e. The SMILES string of the molecule is CC1CC(C(=O)O)CN(C(=O)Nc2cc(Br)ccc2F)C1. The fraction of sp³-hybridized carbons (Fsp3) is 0.429. The van der Waals surface area contributed by atoms with Gasteiger partial charge < -0.3 is 15.3 Å². The fourth-order valence-corrected chi connectivity index (χ4v) is 2.84. The van der Waals surface area contributed by atoms with Crippen molar-refractivity contribution >= 4 is 33.6 Å². The maximum atomic E-state index is 13.6. The predicted molar refractivity (Wildman–Crippen MR) is 79.6 cm³/mol. The minimum absolute atomic E-state index is 0.0690. The number of anilines is 1. The number of hydrogen-bond acceptors (Lipinski definition) is 2. The van der Waals surface area contributed by atoms with Crippen molar-refractivity contribution in [1.82, 2.24) is 4.90 Å². The van der Waals surface area contributed by atoms with Crippen LogP contribution in [0.3, 0.4) is 0 Å². The number of carboxylic acids is 1. The van der Waals surface area contributed by atoms with Crippen LogP contribution in [0.1, 0.15) is 13.3 Å². The van der Waals surface area contributed by atoms with Gasteiger partial charge in [0.2, 0.25) is 0 Å². The van der Waals surface area contributed by atoms with Crippen LogP contribution in [0.25, 0.3) is 0 Å². The molecular weight excluding hydrogens is 343 g/mol. The molecule has 2 atom stereocenters. The molecule has 0 saturated carbocycles. The Bertz CT molecular complexity index is 567. The molecule has 0 spiro atoms. The second-order valence-electron chi connectivity index (χ2n) is 5.34. The summed E-state index contributed by atoms with van der Waals surface area (Å²) < 4.78 is 14.3. The molecule has 2 unspecified atom stereocenters. The highest BCUT2D eigenvalue weighted by molar-refractivity contribution is 9.10. The van der Waals surface area contributed by atoms with Crippen LogP contribution in [0.5, 0.6) is 0 Å². The zero-order valence-corrected chi connectivity index (χ0v) is 13.1. The van der Waals surface area contributed by atoms with Gasteiger partial charge in [-0.05, 0) is 30.5 Å². The van der Waals surface area contributed by atoms with Crippen molar-refractivity contribution in [3.05, 3.63) is 28.5 Å². The molecule has 0 bridgehead atoms. The van der Waals surface area contributed by atoms with Gasteiger partial charge >= 0.3 is 12.0 Å². The Morgan fingerprint density at radius 3 is 2.81 bits per heavy atom. The van der Waals surface area contributed by atoms with Crippen LogP contribution in [0.2, 0.25) is 0 Å². The number of nitrogens with zero attached hydrogens (tertiary/aromatic N) is 1. The summed E-state index contributed by atoms with van der Waals surface area (Å²) in [7, 11) is 0. The highest BCUT2D eigenvalue weighted by Crippen LogP contribution is 2.24. The number of aliphatic carboxylic acids is 1. The molecule has 1 fully saturated rings. The standard InChI is InChI=1S/C14H16BrFN2O3/c1-8-4-9(13(19)20)7-18(6-8)14(21)17-12-5-10(15)2-3-11(12)16/h2-3,5,8-9H,4,6-7H2,1H3,(H,17,21)(H,19,20). The summed E-state index contributed by atoms with van der Waals surface area (Å²) in [4.78, 5) is 24.7. The van der Waals surface area contributed by atoms with E-state index in [-0.39, 0.29) is 18.2 Å². The number of rotatable bonds is 2. The number of piperidine rings is 1. The van der Waals surface area contributed by atoms with Gasteiger partial charge in [-0.1, -0.05) is 22.9 Å². The molecule has 1 heterocycles. The van der Waals surface area contributed by atoms with Crippen LogP contribution in [0.4, 0.5) is 14.9 Å². The summed E-state index contributed by atoms with van der Waals surface area (Å²) in [5.74, 6) is -1.93. The van der Waals surface area contributed by atoms with E-state index in [1.165, 1.54) is 23.1 Å². The van der Waals surface area contributed by atoms with Crippen molar-refractivity contribution in [2.24, 2.45) is 11.8 Å². The first-order chi connectivity index (χ1) is 9.86. The Kier molecular flexibility index (Phi) is 4.82. The molecule has 1 aliphatic heterocycles. The van der Waals surface area contributed by atoms with Crippen molar-refractivity contribution < 1.29 is 19.1 Å². The van der Waals surface area contributed by atoms with E-state index in [0.29, 0.717) is 17.4 Å². The molecule has 2 rings (SSSR count). The molecular formula is C14H16BrFN2O3. The van der Waals surface area contributed by atoms with E-state index in [1.807, 2.05) is 6.92 Å². The molecule has 1 aromatic rings. The van der Waals surface area contributed by atoms with Gasteiger partial charge in [0, 0.05) is 17.6 Å². The van der Waals surface area contributed by atoms with E-state index in [2.05, 4.69) is 21.2 Å². The third-order valence-corrected chi connectivity index (χ3v) is 3.96. The molecule has 5 nitrogen and oxygen atoms in total. The second kappa shape index (κ2) is 6.43. The molecule has 0 aliphatic carbocycles. The van der Waals surface area contributed by atoms with Crippen molar-refractivity contribution in [3.8, 4) is 0 Å². The van der Waals surface area contributed by atoms with Gasteiger partial charge in [-0.3, -0.25) is 4.79 Å². The number of benzene rings is 1. The van der Waals surface area contributed by atoms with Gasteiger partial charge in [-0.25, -0.2) is 9.18 Å². The van der Waals surface area contributed by atoms with Crippen molar-refractivity contribution in [2.75, 3.05) is 18.4 Å². The van der Waals surface area contributed by atoms with Crippen LogP contribution in [0.15, 0.2) is 22.7 Å². The lowest BCUT2D eigenvalue weighted by molar-refractivity contribution is -0.143. The van der Waals surface area contributed by atoms with E-state index < -0.39 is 23.7 Å². The monoisotopic (exact) mass is 358 g/mol. The molecule has 1 aromatic carbocycles. The number of carbonyl (C=O) groups excluding carboxylic acids is 1. The average molecular weight is 359 g/mol. The Morgan fingerprint density at radius 1 is 1.43 bits per heavy atom. The highest BCUT2D eigenvalue weighted by Gasteiger charge is 2.32. The maximum absolute atomic E-state index is 13.6. The van der Waals surface area contributed by atoms with Crippen LogP contribution >= 0.6 is 15.9 Å². The van der Waals surface area contributed by atoms with Crippen molar-refractivity contribution in [3.63, 3.8) is 0 Å². The van der Waals surface area contributed by atoms with Crippen LogP contribution in [-0.2, 0) is 4.79 Å². The Morgan fingerprint density at radius 2 is 2.14 bits per heavy atom. The van der Waals surface area contributed by atoms with Gasteiger partial charge in [-0.2, -0.15) is 0 Å². The van der Waals surface area contributed by atoms with Crippen molar-refractivity contribution in [2.45, 2.75) is 13.3 Å². The molecule has 7 heteroatoms. The largest absolute Gasteiger partial charge is 0.481 e. The molecule has 1 saturated heterocycles. The topological polar surface area (TPSA) is 69.6 Å². The average Bonchev–Trinajstić information content (AvgIpc) is 2.42. The maximum Gasteiger partial charge on any atom is 0.321 e. The number of carboxylic acid groups (broad SMARTS) is 1. The van der Waals surface area contributed by atoms with Crippen LogP contribution < -0.4 is 5.32 Å². The van der Waals surface area contributed by atoms with E-state index in [1.54, 1.807) is 0 Å². The lowest BCUT2D eigenvalue weighted by Crippen LogP contribution is -2.47. The van der Waals surface area contributed by atoms with Gasteiger partial charge in [0.25, 0.3) is 0 Å². The molecule has 1 aliphatic rings. The molecule has 114 valence electrons. The molecule has 0 aromatic heterocycles. The first-order valence-corrected chi connectivity index (χ1v) is 7.40. The Labute approximate surface area is 130 Å². The molecule has 2 amide bonds. The van der Waals surface area contributed by atoms with Crippen LogP contribution in [0, 0.1) is 17.7 Å². The van der Waals surface area contributed by atoms with Gasteiger partial charge in [0.15, 0.2) is 0 Å². The van der Waals surface area contributed by atoms with E-state index in [4.69, 9.17) is 5.11 Å². The van der Waals surface area contributed by atoms with E-state index in [0.717, 1.165) is 0 Å². The quantitative estimate of drug-likeness (QED) is 0.852. The third kappa shape index (κ3) is 3.93. The zero-order chi connectivity index (χ0) is 15.6. The zero-order valence-electron chi connectivity index (χ0n) is 11.5. The molecule has 0 radical (unpaired) electrons. The first-order valence-electron chi connectivity index (χ1n) is 6.60. The fourth-order valence-electron chi connectivity index (χ4n) is 2.48. The van der Waals surface area contributed by atoms with Gasteiger partial charge in [-0.15, -0.1) is 0 Å². The summed E-state index contributed by atoms with van der Waals surface area (Å²) in [6, 6.07) is 3.77. The van der Waals surface area contributed by atoms with E-state index >= 15 is 0 Å². The lowest BCUT2D eigenvalue weighted by Gasteiger charge is -2.34. The van der Waals surface area contributed by atoms with Crippen molar-refractivity contribution in [1.29, 1.82) is 0 Å². The number of amides is 2.